The van der Waals surface area contributed by atoms with E-state index in [0.29, 0.717) is 0 Å². The lowest BCUT2D eigenvalue weighted by atomic mass is 10.1. The second kappa shape index (κ2) is 3.86. The van der Waals surface area contributed by atoms with Gasteiger partial charge < -0.3 is 4.98 Å². The van der Waals surface area contributed by atoms with E-state index in [1.807, 2.05) is 42.6 Å². The van der Waals surface area contributed by atoms with Crippen LogP contribution >= 0.6 is 11.3 Å². The smallest absolute Gasteiger partial charge is 0.205 e. The molecule has 0 bridgehead atoms. The highest BCUT2D eigenvalue weighted by Gasteiger charge is 2.14. The maximum atomic E-state index is 12.3. The highest BCUT2D eigenvalue weighted by molar-refractivity contribution is 7.12. The highest BCUT2D eigenvalue weighted by Crippen LogP contribution is 2.23. The molecule has 1 N–H and O–H groups in total. The highest BCUT2D eigenvalue weighted by atomic mass is 32.1. The van der Waals surface area contributed by atoms with Gasteiger partial charge in [0.15, 0.2) is 0 Å². The molecule has 0 fully saturated rings. The first-order valence-corrected chi connectivity index (χ1v) is 6.29. The molecule has 0 spiro atoms. The second-order valence-electron chi connectivity index (χ2n) is 4.06. The monoisotopic (exact) mass is 241 g/mol. The third-order valence-electron chi connectivity index (χ3n) is 2.83. The number of nitrogens with one attached hydrogen (secondary N) is 1. The van der Waals surface area contributed by atoms with Crippen LogP contribution in [0, 0.1) is 6.92 Å². The topological polar surface area (TPSA) is 32.9 Å². The molecule has 0 unspecified atom stereocenters. The lowest BCUT2D eigenvalue weighted by molar-refractivity contribution is 0.104. The Labute approximate surface area is 103 Å². The molecule has 2 nitrogen and oxygen atoms in total. The van der Waals surface area contributed by atoms with E-state index in [9.17, 15) is 4.79 Å². The van der Waals surface area contributed by atoms with E-state index in [1.165, 1.54) is 11.3 Å². The number of carbonyl (C=O) groups is 1. The number of aryl methyl sites for hydroxylation is 1. The lowest BCUT2D eigenvalue weighted by Crippen LogP contribution is -1.96. The van der Waals surface area contributed by atoms with Crippen molar-refractivity contribution in [2.45, 2.75) is 6.92 Å². The lowest BCUT2D eigenvalue weighted by Gasteiger charge is -1.97. The van der Waals surface area contributed by atoms with Gasteiger partial charge in [-0.25, -0.2) is 0 Å². The van der Waals surface area contributed by atoms with Crippen molar-refractivity contribution < 1.29 is 4.79 Å². The molecule has 0 saturated heterocycles. The molecule has 2 aromatic heterocycles. The molecule has 1 aromatic carbocycles. The first-order valence-electron chi connectivity index (χ1n) is 5.41. The number of carbonyl (C=O) groups excluding carboxylic acids is 1. The Balaban J connectivity index is 2.18. The maximum Gasteiger partial charge on any atom is 0.205 e. The molecule has 0 amide bonds. The van der Waals surface area contributed by atoms with E-state index in [1.54, 1.807) is 6.20 Å². The summed E-state index contributed by atoms with van der Waals surface area (Å²) in [5.74, 6) is 0.0943. The Hall–Kier alpha value is -1.87. The van der Waals surface area contributed by atoms with Gasteiger partial charge in [0.25, 0.3) is 0 Å². The van der Waals surface area contributed by atoms with Gasteiger partial charge in [-0.1, -0.05) is 17.7 Å². The molecule has 84 valence electrons. The molecule has 0 radical (unpaired) electrons. The van der Waals surface area contributed by atoms with Crippen LogP contribution in [0.5, 0.6) is 0 Å². The summed E-state index contributed by atoms with van der Waals surface area (Å²) < 4.78 is 0. The van der Waals surface area contributed by atoms with Gasteiger partial charge in [0.05, 0.1) is 4.88 Å². The van der Waals surface area contributed by atoms with Gasteiger partial charge in [0.1, 0.15) is 0 Å². The van der Waals surface area contributed by atoms with Crippen molar-refractivity contribution in [1.29, 1.82) is 0 Å². The molecule has 17 heavy (non-hydrogen) atoms. The molecule has 3 heteroatoms. The Morgan fingerprint density at radius 1 is 1.29 bits per heavy atom. The van der Waals surface area contributed by atoms with Crippen LogP contribution in [-0.4, -0.2) is 10.8 Å². The largest absolute Gasteiger partial charge is 0.360 e. The fraction of sp³-hybridized carbons (Fsp3) is 0.0714. The van der Waals surface area contributed by atoms with Crippen LogP contribution in [0.1, 0.15) is 20.8 Å². The van der Waals surface area contributed by atoms with Crippen LogP contribution in [0.4, 0.5) is 0 Å². The van der Waals surface area contributed by atoms with Crippen LogP contribution in [0.2, 0.25) is 0 Å². The third-order valence-corrected chi connectivity index (χ3v) is 3.70. The van der Waals surface area contributed by atoms with E-state index in [-0.39, 0.29) is 5.78 Å². The molecule has 3 rings (SSSR count). The number of hydrogen-bond donors (Lipinski definition) is 1. The summed E-state index contributed by atoms with van der Waals surface area (Å²) in [5, 5.41) is 2.93. The van der Waals surface area contributed by atoms with Gasteiger partial charge in [-0.3, -0.25) is 4.79 Å². The number of ketones is 1. The zero-order valence-electron chi connectivity index (χ0n) is 9.36. The minimum Gasteiger partial charge on any atom is -0.360 e. The average Bonchev–Trinajstić information content (AvgIpc) is 2.97. The molecular weight excluding hydrogens is 230 g/mol. The zero-order chi connectivity index (χ0) is 11.8. The summed E-state index contributed by atoms with van der Waals surface area (Å²) in [5.41, 5.74) is 2.93. The number of aromatic nitrogens is 1. The number of rotatable bonds is 2. The van der Waals surface area contributed by atoms with Gasteiger partial charge in [-0.2, -0.15) is 0 Å². The van der Waals surface area contributed by atoms with Crippen LogP contribution in [0.3, 0.4) is 0 Å². The molecule has 2 heterocycles. The number of thiophene rings is 1. The summed E-state index contributed by atoms with van der Waals surface area (Å²) in [7, 11) is 0. The molecule has 0 aliphatic heterocycles. The predicted molar refractivity (Wildman–Crippen MR) is 70.8 cm³/mol. The predicted octanol–water partition coefficient (Wildman–Crippen LogP) is 3.77. The van der Waals surface area contributed by atoms with E-state index in [4.69, 9.17) is 0 Å². The first kappa shape index (κ1) is 10.3. The minimum atomic E-state index is 0.0943. The van der Waals surface area contributed by atoms with Gasteiger partial charge in [-0.05, 0) is 30.5 Å². The SMILES string of the molecule is Cc1ccc2[nH]cc(C(=O)c3cccs3)c2c1. The van der Waals surface area contributed by atoms with Crippen molar-refractivity contribution in [2.24, 2.45) is 0 Å². The van der Waals surface area contributed by atoms with Crippen molar-refractivity contribution in [1.82, 2.24) is 4.98 Å². The molecule has 0 aliphatic rings. The minimum absolute atomic E-state index is 0.0943. The summed E-state index contributed by atoms with van der Waals surface area (Å²) in [6.45, 7) is 2.03. The van der Waals surface area contributed by atoms with Crippen LogP contribution < -0.4 is 0 Å². The number of fused-ring (bicyclic) bond motifs is 1. The van der Waals surface area contributed by atoms with Crippen molar-refractivity contribution in [3.8, 4) is 0 Å². The maximum absolute atomic E-state index is 12.3. The van der Waals surface area contributed by atoms with E-state index in [2.05, 4.69) is 4.98 Å². The molecular formula is C14H11NOS. The third kappa shape index (κ3) is 1.68. The van der Waals surface area contributed by atoms with Crippen molar-refractivity contribution in [2.75, 3.05) is 0 Å². The second-order valence-corrected chi connectivity index (χ2v) is 5.01. The summed E-state index contributed by atoms with van der Waals surface area (Å²) in [4.78, 5) is 16.2. The summed E-state index contributed by atoms with van der Waals surface area (Å²) in [6.07, 6.45) is 1.80. The number of hydrogen-bond acceptors (Lipinski definition) is 2. The quantitative estimate of drug-likeness (QED) is 0.681. The first-order chi connectivity index (χ1) is 8.25. The Kier molecular flexibility index (Phi) is 2.34. The standard InChI is InChI=1S/C14H11NOS/c1-9-4-5-12-10(7-9)11(8-15-12)14(16)13-3-2-6-17-13/h2-8,15H,1H3. The Morgan fingerprint density at radius 3 is 2.94 bits per heavy atom. The van der Waals surface area contributed by atoms with Gasteiger partial charge in [0, 0.05) is 22.7 Å². The molecule has 0 saturated carbocycles. The van der Waals surface area contributed by atoms with Gasteiger partial charge >= 0.3 is 0 Å². The summed E-state index contributed by atoms with van der Waals surface area (Å²) in [6, 6.07) is 9.86. The Bertz CT molecular complexity index is 679. The number of H-pyrrole nitrogens is 1. The summed E-state index contributed by atoms with van der Waals surface area (Å²) >= 11 is 1.48. The van der Waals surface area contributed by atoms with E-state index < -0.39 is 0 Å². The number of aromatic amines is 1. The van der Waals surface area contributed by atoms with E-state index in [0.717, 1.165) is 26.9 Å². The molecule has 0 atom stereocenters. The average molecular weight is 241 g/mol. The van der Waals surface area contributed by atoms with Crippen molar-refractivity contribution in [3.63, 3.8) is 0 Å². The van der Waals surface area contributed by atoms with Crippen LogP contribution in [0.25, 0.3) is 10.9 Å². The normalized spacial score (nSPS) is 10.9. The van der Waals surface area contributed by atoms with Crippen LogP contribution in [0.15, 0.2) is 41.9 Å². The van der Waals surface area contributed by atoms with Crippen molar-refractivity contribution >= 4 is 28.0 Å². The van der Waals surface area contributed by atoms with Gasteiger partial charge in [0.2, 0.25) is 5.78 Å². The fourth-order valence-corrected chi connectivity index (χ4v) is 2.64. The Morgan fingerprint density at radius 2 is 2.18 bits per heavy atom. The van der Waals surface area contributed by atoms with Gasteiger partial charge in [-0.15, -0.1) is 11.3 Å². The number of benzene rings is 1. The van der Waals surface area contributed by atoms with E-state index >= 15 is 0 Å². The zero-order valence-corrected chi connectivity index (χ0v) is 10.2. The van der Waals surface area contributed by atoms with Crippen molar-refractivity contribution in [3.05, 3.63) is 57.9 Å². The van der Waals surface area contributed by atoms with Crippen LogP contribution in [-0.2, 0) is 0 Å². The molecule has 3 aromatic rings. The molecule has 0 aliphatic carbocycles. The fourth-order valence-electron chi connectivity index (χ4n) is 1.96.